The van der Waals surface area contributed by atoms with Gasteiger partial charge in [0.2, 0.25) is 0 Å². The van der Waals surface area contributed by atoms with Gasteiger partial charge < -0.3 is 15.4 Å². The average Bonchev–Trinajstić information content (AvgIpc) is 2.54. The molecule has 0 aromatic rings. The third-order valence-electron chi connectivity index (χ3n) is 2.97. The highest BCUT2D eigenvalue weighted by Gasteiger charge is 2.27. The summed E-state index contributed by atoms with van der Waals surface area (Å²) >= 11 is 0. The molecule has 0 radical (unpaired) electrons. The maximum absolute atomic E-state index is 11.4. The summed E-state index contributed by atoms with van der Waals surface area (Å²) in [4.78, 5) is 11.4. The molecule has 1 saturated heterocycles. The number of ether oxygens (including phenoxy) is 1. The molecule has 4 nitrogen and oxygen atoms in total. The molecule has 1 aliphatic heterocycles. The molecule has 2 aliphatic rings. The molecule has 0 bridgehead atoms. The zero-order valence-corrected chi connectivity index (χ0v) is 8.58. The minimum absolute atomic E-state index is 0.0302. The van der Waals surface area contributed by atoms with Crippen LogP contribution in [0.25, 0.3) is 0 Å². The number of carbonyl (C=O) groups is 1. The molecule has 1 saturated carbocycles. The van der Waals surface area contributed by atoms with Crippen LogP contribution in [0.4, 0.5) is 4.79 Å². The Kier molecular flexibility index (Phi) is 2.91. The van der Waals surface area contributed by atoms with Crippen LogP contribution in [0.15, 0.2) is 0 Å². The SMILES string of the molecule is CC1CC(NC(=O)NC2CCOC2)C1. The summed E-state index contributed by atoms with van der Waals surface area (Å²) in [7, 11) is 0. The van der Waals surface area contributed by atoms with Crippen LogP contribution in [0, 0.1) is 5.92 Å². The maximum Gasteiger partial charge on any atom is 0.315 e. The molecule has 1 heterocycles. The lowest BCUT2D eigenvalue weighted by atomic mass is 9.82. The molecule has 2 amide bonds. The summed E-state index contributed by atoms with van der Waals surface area (Å²) in [6, 6.07) is 0.581. The monoisotopic (exact) mass is 198 g/mol. The lowest BCUT2D eigenvalue weighted by Crippen LogP contribution is -2.50. The summed E-state index contributed by atoms with van der Waals surface area (Å²) in [5.74, 6) is 0.773. The molecule has 0 aromatic heterocycles. The van der Waals surface area contributed by atoms with E-state index in [1.54, 1.807) is 0 Å². The van der Waals surface area contributed by atoms with Crippen molar-refractivity contribution in [2.24, 2.45) is 5.92 Å². The lowest BCUT2D eigenvalue weighted by Gasteiger charge is -2.33. The van der Waals surface area contributed by atoms with Crippen molar-refractivity contribution in [1.82, 2.24) is 10.6 Å². The van der Waals surface area contributed by atoms with E-state index in [4.69, 9.17) is 4.74 Å². The van der Waals surface area contributed by atoms with Crippen LogP contribution < -0.4 is 10.6 Å². The van der Waals surface area contributed by atoms with E-state index in [2.05, 4.69) is 17.6 Å². The van der Waals surface area contributed by atoms with E-state index in [9.17, 15) is 4.79 Å². The third kappa shape index (κ3) is 2.38. The summed E-state index contributed by atoms with van der Waals surface area (Å²) in [6.45, 7) is 3.64. The standard InChI is InChI=1S/C10H18N2O2/c1-7-4-9(5-7)12-10(13)11-8-2-3-14-6-8/h7-9H,2-6H2,1H3,(H2,11,12,13). The van der Waals surface area contributed by atoms with Crippen LogP contribution in [0.1, 0.15) is 26.2 Å². The predicted octanol–water partition coefficient (Wildman–Crippen LogP) is 0.873. The highest BCUT2D eigenvalue weighted by Crippen LogP contribution is 2.25. The van der Waals surface area contributed by atoms with Gasteiger partial charge >= 0.3 is 6.03 Å². The minimum atomic E-state index is -0.0302. The Labute approximate surface area is 84.4 Å². The fraction of sp³-hybridized carbons (Fsp3) is 0.900. The van der Waals surface area contributed by atoms with E-state index in [1.807, 2.05) is 0 Å². The topological polar surface area (TPSA) is 50.4 Å². The Morgan fingerprint density at radius 1 is 1.29 bits per heavy atom. The second kappa shape index (κ2) is 4.17. The predicted molar refractivity (Wildman–Crippen MR) is 53.1 cm³/mol. The summed E-state index contributed by atoms with van der Waals surface area (Å²) in [5.41, 5.74) is 0. The second-order valence-electron chi connectivity index (χ2n) is 4.45. The zero-order chi connectivity index (χ0) is 9.97. The van der Waals surface area contributed by atoms with Crippen LogP contribution in [-0.4, -0.2) is 31.3 Å². The van der Waals surface area contributed by atoms with E-state index in [0.29, 0.717) is 12.6 Å². The van der Waals surface area contributed by atoms with Crippen molar-refractivity contribution in [3.8, 4) is 0 Å². The van der Waals surface area contributed by atoms with Crippen LogP contribution in [0.5, 0.6) is 0 Å². The lowest BCUT2D eigenvalue weighted by molar-refractivity contribution is 0.184. The van der Waals surface area contributed by atoms with Crippen molar-refractivity contribution in [2.45, 2.75) is 38.3 Å². The first-order chi connectivity index (χ1) is 6.74. The first-order valence-corrected chi connectivity index (χ1v) is 5.39. The highest BCUT2D eigenvalue weighted by atomic mass is 16.5. The fourth-order valence-corrected chi connectivity index (χ4v) is 2.08. The largest absolute Gasteiger partial charge is 0.379 e. The van der Waals surface area contributed by atoms with E-state index in [-0.39, 0.29) is 12.1 Å². The van der Waals surface area contributed by atoms with Gasteiger partial charge in [0.15, 0.2) is 0 Å². The molecule has 1 atom stereocenters. The zero-order valence-electron chi connectivity index (χ0n) is 8.58. The Morgan fingerprint density at radius 3 is 2.57 bits per heavy atom. The van der Waals surface area contributed by atoms with Gasteiger partial charge in [-0.2, -0.15) is 0 Å². The number of nitrogens with one attached hydrogen (secondary N) is 2. The third-order valence-corrected chi connectivity index (χ3v) is 2.97. The van der Waals surface area contributed by atoms with Crippen LogP contribution in [0.3, 0.4) is 0 Å². The number of urea groups is 1. The minimum Gasteiger partial charge on any atom is -0.379 e. The first-order valence-electron chi connectivity index (χ1n) is 5.39. The molecule has 2 fully saturated rings. The molecular weight excluding hydrogens is 180 g/mol. The Bertz CT molecular complexity index is 208. The van der Waals surface area contributed by atoms with Gasteiger partial charge in [-0.1, -0.05) is 6.92 Å². The van der Waals surface area contributed by atoms with Crippen molar-refractivity contribution in [2.75, 3.05) is 13.2 Å². The Hall–Kier alpha value is -0.770. The quantitative estimate of drug-likeness (QED) is 0.692. The summed E-state index contributed by atoms with van der Waals surface area (Å²) < 4.78 is 5.18. The molecule has 0 aromatic carbocycles. The van der Waals surface area contributed by atoms with Gasteiger partial charge in [-0.15, -0.1) is 0 Å². The van der Waals surface area contributed by atoms with E-state index >= 15 is 0 Å². The van der Waals surface area contributed by atoms with Crippen molar-refractivity contribution in [3.63, 3.8) is 0 Å². The van der Waals surface area contributed by atoms with Crippen LogP contribution in [-0.2, 0) is 4.74 Å². The van der Waals surface area contributed by atoms with E-state index in [1.165, 1.54) is 0 Å². The van der Waals surface area contributed by atoms with Gasteiger partial charge in [0.05, 0.1) is 12.6 Å². The number of rotatable bonds is 2. The first kappa shape index (κ1) is 9.77. The normalized spacial score (nSPS) is 36.2. The van der Waals surface area contributed by atoms with Gasteiger partial charge in [0.1, 0.15) is 0 Å². The van der Waals surface area contributed by atoms with E-state index in [0.717, 1.165) is 31.8 Å². The van der Waals surface area contributed by atoms with Gasteiger partial charge in [0, 0.05) is 12.6 Å². The van der Waals surface area contributed by atoms with Crippen molar-refractivity contribution >= 4 is 6.03 Å². The number of hydrogen-bond donors (Lipinski definition) is 2. The van der Waals surface area contributed by atoms with Crippen molar-refractivity contribution in [3.05, 3.63) is 0 Å². The molecule has 14 heavy (non-hydrogen) atoms. The molecule has 2 N–H and O–H groups in total. The highest BCUT2D eigenvalue weighted by molar-refractivity contribution is 5.74. The van der Waals surface area contributed by atoms with E-state index < -0.39 is 0 Å². The number of carbonyl (C=O) groups excluding carboxylic acids is 1. The molecule has 2 rings (SSSR count). The summed E-state index contributed by atoms with van der Waals surface area (Å²) in [5, 5.41) is 5.89. The molecule has 1 aliphatic carbocycles. The van der Waals surface area contributed by atoms with Gasteiger partial charge in [0.25, 0.3) is 0 Å². The van der Waals surface area contributed by atoms with Gasteiger partial charge in [-0.25, -0.2) is 4.79 Å². The van der Waals surface area contributed by atoms with Crippen molar-refractivity contribution in [1.29, 1.82) is 0 Å². The molecule has 1 unspecified atom stereocenters. The van der Waals surface area contributed by atoms with Crippen LogP contribution in [0.2, 0.25) is 0 Å². The average molecular weight is 198 g/mol. The van der Waals surface area contributed by atoms with Gasteiger partial charge in [-0.3, -0.25) is 0 Å². The van der Waals surface area contributed by atoms with Gasteiger partial charge in [-0.05, 0) is 25.2 Å². The molecule has 0 spiro atoms. The summed E-state index contributed by atoms with van der Waals surface area (Å²) in [6.07, 6.45) is 3.18. The maximum atomic E-state index is 11.4. The second-order valence-corrected chi connectivity index (χ2v) is 4.45. The number of hydrogen-bond acceptors (Lipinski definition) is 2. The number of amides is 2. The van der Waals surface area contributed by atoms with Crippen molar-refractivity contribution < 1.29 is 9.53 Å². The molecule has 80 valence electrons. The Balaban J connectivity index is 1.63. The molecule has 4 heteroatoms. The fourth-order valence-electron chi connectivity index (χ4n) is 2.08. The van der Waals surface area contributed by atoms with Crippen LogP contribution >= 0.6 is 0 Å². The smallest absolute Gasteiger partial charge is 0.315 e. The molecular formula is C10H18N2O2. The Morgan fingerprint density at radius 2 is 2.00 bits per heavy atom.